The van der Waals surface area contributed by atoms with Gasteiger partial charge in [0.05, 0.1) is 27.7 Å². The number of pyridine rings is 2. The van der Waals surface area contributed by atoms with Crippen LogP contribution in [0.15, 0.2) is 33.7 Å². The third-order valence-electron chi connectivity index (χ3n) is 5.01. The van der Waals surface area contributed by atoms with Crippen LogP contribution in [0.3, 0.4) is 0 Å². The lowest BCUT2D eigenvalue weighted by atomic mass is 10.0. The molecule has 2 N–H and O–H groups in total. The van der Waals surface area contributed by atoms with Crippen molar-refractivity contribution >= 4 is 43.7 Å². The summed E-state index contributed by atoms with van der Waals surface area (Å²) in [5, 5.41) is 13.7. The van der Waals surface area contributed by atoms with E-state index in [1.807, 2.05) is 39.0 Å². The molecule has 0 saturated heterocycles. The molecule has 2 unspecified atom stereocenters. The number of aryl methyl sites for hydroxylation is 2. The first-order valence-corrected chi connectivity index (χ1v) is 10.2. The van der Waals surface area contributed by atoms with Gasteiger partial charge in [0.25, 0.3) is 5.56 Å². The van der Waals surface area contributed by atoms with Gasteiger partial charge in [0.15, 0.2) is 0 Å². The molecule has 2 aromatic heterocycles. The van der Waals surface area contributed by atoms with Crippen molar-refractivity contribution < 1.29 is 14.6 Å². The molecular weight excluding hydrogens is 438 g/mol. The van der Waals surface area contributed by atoms with Gasteiger partial charge in [0, 0.05) is 30.7 Å². The Kier molecular flexibility index (Phi) is 6.12. The van der Waals surface area contributed by atoms with Crippen LogP contribution in [-0.4, -0.2) is 33.4 Å². The monoisotopic (exact) mass is 461 g/mol. The van der Waals surface area contributed by atoms with E-state index in [2.05, 4.69) is 26.2 Å². The van der Waals surface area contributed by atoms with Crippen molar-refractivity contribution in [2.75, 3.05) is 6.61 Å². The highest BCUT2D eigenvalue weighted by molar-refractivity contribution is 9.10. The number of nitrogens with zero attached hydrogens (tertiary/aromatic N) is 2. The third kappa shape index (κ3) is 4.37. The lowest BCUT2D eigenvalue weighted by Crippen LogP contribution is -2.33. The zero-order valence-electron chi connectivity index (χ0n) is 16.8. The molecule has 1 aromatic carbocycles. The fraction of sp³-hybridized carbons (Fsp3) is 0.381. The number of aromatic nitrogens is 2. The van der Waals surface area contributed by atoms with Gasteiger partial charge in [-0.2, -0.15) is 0 Å². The summed E-state index contributed by atoms with van der Waals surface area (Å²) in [6.45, 7) is 6.10. The predicted octanol–water partition coefficient (Wildman–Crippen LogP) is 4.22. The maximum atomic E-state index is 12.9. The normalized spacial score (nSPS) is 13.4. The van der Waals surface area contributed by atoms with Crippen LogP contribution in [0.5, 0.6) is 5.75 Å². The maximum Gasteiger partial charge on any atom is 0.404 e. The van der Waals surface area contributed by atoms with Crippen LogP contribution in [0.2, 0.25) is 0 Å². The Morgan fingerprint density at radius 3 is 2.76 bits per heavy atom. The topological polar surface area (TPSA) is 93.5 Å². The number of hydrogen-bond acceptors (Lipinski definition) is 4. The van der Waals surface area contributed by atoms with Gasteiger partial charge in [-0.1, -0.05) is 6.92 Å². The van der Waals surface area contributed by atoms with Gasteiger partial charge in [-0.05, 0) is 59.6 Å². The van der Waals surface area contributed by atoms with Gasteiger partial charge in [-0.15, -0.1) is 0 Å². The zero-order chi connectivity index (χ0) is 21.3. The number of ether oxygens (including phenoxy) is 1. The molecule has 29 heavy (non-hydrogen) atoms. The third-order valence-corrected chi connectivity index (χ3v) is 5.63. The summed E-state index contributed by atoms with van der Waals surface area (Å²) in [5.74, 6) is 0.789. The molecule has 0 fully saturated rings. The van der Waals surface area contributed by atoms with Crippen molar-refractivity contribution in [3.63, 3.8) is 0 Å². The number of halogens is 1. The molecule has 1 amide bonds. The van der Waals surface area contributed by atoms with Gasteiger partial charge < -0.3 is 19.7 Å². The average Bonchev–Trinajstić information content (AvgIpc) is 2.64. The smallest absolute Gasteiger partial charge is 0.404 e. The summed E-state index contributed by atoms with van der Waals surface area (Å²) in [6, 6.07) is 5.53. The van der Waals surface area contributed by atoms with E-state index in [0.29, 0.717) is 29.9 Å². The molecule has 0 spiro atoms. The van der Waals surface area contributed by atoms with Gasteiger partial charge in [-0.25, -0.2) is 4.79 Å². The summed E-state index contributed by atoms with van der Waals surface area (Å²) in [4.78, 5) is 27.8. The first kappa shape index (κ1) is 21.1. The predicted molar refractivity (Wildman–Crippen MR) is 117 cm³/mol. The highest BCUT2D eigenvalue weighted by Gasteiger charge is 2.16. The van der Waals surface area contributed by atoms with Crippen LogP contribution >= 0.6 is 15.9 Å². The van der Waals surface area contributed by atoms with Crippen molar-refractivity contribution in [2.24, 2.45) is 13.0 Å². The zero-order valence-corrected chi connectivity index (χ0v) is 18.4. The van der Waals surface area contributed by atoms with Crippen LogP contribution < -0.4 is 15.6 Å². The number of nitrogens with one attached hydrogen (secondary N) is 1. The molecule has 0 aliphatic heterocycles. The van der Waals surface area contributed by atoms with Crippen LogP contribution in [0.1, 0.15) is 26.0 Å². The lowest BCUT2D eigenvalue weighted by molar-refractivity contribution is 0.185. The Bertz CT molecular complexity index is 1140. The fourth-order valence-electron chi connectivity index (χ4n) is 3.66. The van der Waals surface area contributed by atoms with Crippen LogP contribution in [-0.2, 0) is 7.05 Å². The molecule has 2 atom stereocenters. The highest BCUT2D eigenvalue weighted by atomic mass is 79.9. The molecule has 0 bridgehead atoms. The van der Waals surface area contributed by atoms with Crippen LogP contribution in [0.4, 0.5) is 4.79 Å². The maximum absolute atomic E-state index is 12.9. The number of carbonyl (C=O) groups is 1. The van der Waals surface area contributed by atoms with Crippen LogP contribution in [0.25, 0.3) is 21.7 Å². The average molecular weight is 462 g/mol. The van der Waals surface area contributed by atoms with Crippen molar-refractivity contribution in [1.29, 1.82) is 0 Å². The molecule has 2 heterocycles. The Morgan fingerprint density at radius 1 is 1.34 bits per heavy atom. The Labute approximate surface area is 176 Å². The fourth-order valence-corrected chi connectivity index (χ4v) is 4.12. The minimum Gasteiger partial charge on any atom is -0.492 e. The number of rotatable bonds is 6. The Hall–Kier alpha value is -2.61. The first-order chi connectivity index (χ1) is 13.7. The molecule has 3 rings (SSSR count). The lowest BCUT2D eigenvalue weighted by Gasteiger charge is -2.19. The molecule has 8 heteroatoms. The molecular formula is C21H24BrN3O4. The second kappa shape index (κ2) is 8.41. The van der Waals surface area contributed by atoms with E-state index in [0.717, 1.165) is 20.8 Å². The van der Waals surface area contributed by atoms with Gasteiger partial charge in [0.1, 0.15) is 5.75 Å². The molecule has 0 saturated carbocycles. The van der Waals surface area contributed by atoms with E-state index < -0.39 is 6.09 Å². The van der Waals surface area contributed by atoms with E-state index >= 15 is 0 Å². The first-order valence-electron chi connectivity index (χ1n) is 9.38. The van der Waals surface area contributed by atoms with Gasteiger partial charge in [0.2, 0.25) is 0 Å². The molecule has 0 aliphatic carbocycles. The standard InChI is InChI=1S/C21H24BrN3O4/c1-11(7-12(2)24-21(27)28)10-29-18-9-17-15(8-16(18)22)14-5-6-23-13(3)19(14)20(26)25(17)4/h5-6,8-9,11-12,24H,7,10H2,1-4H3,(H,27,28). The Balaban J connectivity index is 1.92. The SMILES string of the molecule is Cc1nccc2c1c(=O)n(C)c1cc(OCC(C)CC(C)NC(=O)O)c(Br)cc21. The second-order valence-corrected chi connectivity index (χ2v) is 8.34. The van der Waals surface area contributed by atoms with Gasteiger partial charge >= 0.3 is 6.09 Å². The van der Waals surface area contributed by atoms with Crippen molar-refractivity contribution in [3.8, 4) is 5.75 Å². The largest absolute Gasteiger partial charge is 0.492 e. The summed E-state index contributed by atoms with van der Waals surface area (Å²) in [7, 11) is 1.75. The van der Waals surface area contributed by atoms with E-state index in [-0.39, 0.29) is 17.5 Å². The van der Waals surface area contributed by atoms with Gasteiger partial charge in [-0.3, -0.25) is 9.78 Å². The van der Waals surface area contributed by atoms with E-state index in [1.165, 1.54) is 0 Å². The molecule has 0 radical (unpaired) electrons. The van der Waals surface area contributed by atoms with Crippen molar-refractivity contribution in [3.05, 3.63) is 44.9 Å². The van der Waals surface area contributed by atoms with E-state index in [4.69, 9.17) is 9.84 Å². The second-order valence-electron chi connectivity index (χ2n) is 7.49. The number of amides is 1. The molecule has 3 aromatic rings. The summed E-state index contributed by atoms with van der Waals surface area (Å²) in [6.07, 6.45) is 1.34. The van der Waals surface area contributed by atoms with Crippen molar-refractivity contribution in [1.82, 2.24) is 14.9 Å². The number of benzene rings is 1. The Morgan fingerprint density at radius 2 is 2.07 bits per heavy atom. The number of carboxylic acid groups (broad SMARTS) is 1. The quantitative estimate of drug-likeness (QED) is 0.535. The number of fused-ring (bicyclic) bond motifs is 3. The molecule has 154 valence electrons. The minimum atomic E-state index is -1.03. The van der Waals surface area contributed by atoms with Crippen molar-refractivity contribution in [2.45, 2.75) is 33.2 Å². The molecule has 0 aliphatic rings. The van der Waals surface area contributed by atoms with E-state index in [1.54, 1.807) is 17.8 Å². The minimum absolute atomic E-state index is 0.0895. The summed E-state index contributed by atoms with van der Waals surface area (Å²) >= 11 is 3.58. The van der Waals surface area contributed by atoms with E-state index in [9.17, 15) is 9.59 Å². The summed E-state index contributed by atoms with van der Waals surface area (Å²) in [5.41, 5.74) is 1.40. The summed E-state index contributed by atoms with van der Waals surface area (Å²) < 4.78 is 8.41. The van der Waals surface area contributed by atoms with Crippen LogP contribution in [0, 0.1) is 12.8 Å². The number of hydrogen-bond donors (Lipinski definition) is 2. The highest BCUT2D eigenvalue weighted by Crippen LogP contribution is 2.33. The molecule has 7 nitrogen and oxygen atoms in total.